The van der Waals surface area contributed by atoms with Gasteiger partial charge in [-0.2, -0.15) is 0 Å². The lowest BCUT2D eigenvalue weighted by atomic mass is 10.3. The van der Waals surface area contributed by atoms with Gasteiger partial charge in [-0.05, 0) is 18.2 Å². The molecule has 2 aromatic heterocycles. The summed E-state index contributed by atoms with van der Waals surface area (Å²) in [7, 11) is 0. The highest BCUT2D eigenvalue weighted by molar-refractivity contribution is 5.78. The highest BCUT2D eigenvalue weighted by atomic mass is 15.1. The van der Waals surface area contributed by atoms with Crippen molar-refractivity contribution in [2.75, 3.05) is 5.73 Å². The molecule has 0 radical (unpaired) electrons. The number of hydrogen-bond donors (Lipinski definition) is 1. The third kappa shape index (κ3) is 1.24. The van der Waals surface area contributed by atoms with Gasteiger partial charge < -0.3 is 5.73 Å². The molecule has 4 heteroatoms. The minimum absolute atomic E-state index is 0.644. The summed E-state index contributed by atoms with van der Waals surface area (Å²) in [5.41, 5.74) is 9.44. The van der Waals surface area contributed by atoms with Crippen molar-refractivity contribution in [1.82, 2.24) is 14.5 Å². The fourth-order valence-corrected chi connectivity index (χ4v) is 1.77. The molecule has 4 nitrogen and oxygen atoms in total. The van der Waals surface area contributed by atoms with Crippen molar-refractivity contribution in [3.05, 3.63) is 49.1 Å². The summed E-state index contributed by atoms with van der Waals surface area (Å²) in [5, 5.41) is 0. The van der Waals surface area contributed by atoms with Crippen molar-refractivity contribution < 1.29 is 0 Å². The number of nitrogens with zero attached hydrogens (tertiary/aromatic N) is 3. The van der Waals surface area contributed by atoms with E-state index in [0.717, 1.165) is 16.7 Å². The van der Waals surface area contributed by atoms with Crippen molar-refractivity contribution >= 4 is 16.7 Å². The molecule has 3 aromatic rings. The van der Waals surface area contributed by atoms with Gasteiger partial charge in [-0.25, -0.2) is 4.98 Å². The Kier molecular flexibility index (Phi) is 1.86. The third-order valence-corrected chi connectivity index (χ3v) is 2.54. The van der Waals surface area contributed by atoms with E-state index in [1.165, 1.54) is 0 Å². The largest absolute Gasteiger partial charge is 0.396 e. The van der Waals surface area contributed by atoms with E-state index in [-0.39, 0.29) is 0 Å². The van der Waals surface area contributed by atoms with Crippen molar-refractivity contribution in [3.8, 4) is 5.69 Å². The van der Waals surface area contributed by atoms with Crippen LogP contribution in [0.25, 0.3) is 16.7 Å². The van der Waals surface area contributed by atoms with Crippen LogP contribution in [0.5, 0.6) is 0 Å². The summed E-state index contributed by atoms with van der Waals surface area (Å²) in [4.78, 5) is 8.30. The zero-order chi connectivity index (χ0) is 11.0. The van der Waals surface area contributed by atoms with Crippen LogP contribution in [0.4, 0.5) is 5.69 Å². The molecular weight excluding hydrogens is 200 g/mol. The van der Waals surface area contributed by atoms with Crippen LogP contribution in [0.2, 0.25) is 0 Å². The van der Waals surface area contributed by atoms with E-state index < -0.39 is 0 Å². The standard InChI is InChI=1S/C12H10N4/c13-9-7-14-6-5-11(9)16-8-15-10-3-1-2-4-12(10)16/h1-8H,13H2. The number of anilines is 1. The molecule has 2 heterocycles. The van der Waals surface area contributed by atoms with E-state index in [1.807, 2.05) is 34.9 Å². The molecule has 0 aliphatic heterocycles. The van der Waals surface area contributed by atoms with Gasteiger partial charge in [-0.3, -0.25) is 9.55 Å². The summed E-state index contributed by atoms with van der Waals surface area (Å²) < 4.78 is 1.96. The lowest BCUT2D eigenvalue weighted by molar-refractivity contribution is 1.08. The van der Waals surface area contributed by atoms with Crippen molar-refractivity contribution in [3.63, 3.8) is 0 Å². The summed E-state index contributed by atoms with van der Waals surface area (Å²) in [6.07, 6.45) is 5.14. The van der Waals surface area contributed by atoms with Crippen LogP contribution in [0.3, 0.4) is 0 Å². The maximum Gasteiger partial charge on any atom is 0.100 e. The maximum atomic E-state index is 5.89. The van der Waals surface area contributed by atoms with Gasteiger partial charge in [0.15, 0.2) is 0 Å². The second-order valence-electron chi connectivity index (χ2n) is 3.54. The molecule has 16 heavy (non-hydrogen) atoms. The van der Waals surface area contributed by atoms with E-state index in [0.29, 0.717) is 5.69 Å². The number of pyridine rings is 1. The average Bonchev–Trinajstić information content (AvgIpc) is 2.74. The molecule has 0 aliphatic carbocycles. The Bertz CT molecular complexity index is 642. The number of nitrogen functional groups attached to an aromatic ring is 1. The van der Waals surface area contributed by atoms with Crippen molar-refractivity contribution in [2.24, 2.45) is 0 Å². The van der Waals surface area contributed by atoms with Gasteiger partial charge in [0, 0.05) is 6.20 Å². The molecule has 0 bridgehead atoms. The summed E-state index contributed by atoms with van der Waals surface area (Å²) in [6, 6.07) is 9.82. The number of fused-ring (bicyclic) bond motifs is 1. The lowest BCUT2D eigenvalue weighted by Crippen LogP contribution is -1.98. The molecule has 3 rings (SSSR count). The van der Waals surface area contributed by atoms with Gasteiger partial charge in [-0.1, -0.05) is 12.1 Å². The lowest BCUT2D eigenvalue weighted by Gasteiger charge is -2.06. The Labute approximate surface area is 92.4 Å². The predicted molar refractivity (Wildman–Crippen MR) is 63.3 cm³/mol. The Hall–Kier alpha value is -2.36. The summed E-state index contributed by atoms with van der Waals surface area (Å²) >= 11 is 0. The highest BCUT2D eigenvalue weighted by Crippen LogP contribution is 2.21. The number of aromatic nitrogens is 3. The molecule has 0 saturated carbocycles. The molecule has 1 aromatic carbocycles. The first-order chi connectivity index (χ1) is 7.86. The molecule has 0 saturated heterocycles. The predicted octanol–water partition coefficient (Wildman–Crippen LogP) is 2.00. The third-order valence-electron chi connectivity index (χ3n) is 2.54. The Morgan fingerprint density at radius 2 is 2.00 bits per heavy atom. The second kappa shape index (κ2) is 3.34. The van der Waals surface area contributed by atoms with Gasteiger partial charge >= 0.3 is 0 Å². The molecule has 0 spiro atoms. The first kappa shape index (κ1) is 8.91. The van der Waals surface area contributed by atoms with Crippen LogP contribution in [-0.2, 0) is 0 Å². The second-order valence-corrected chi connectivity index (χ2v) is 3.54. The van der Waals surface area contributed by atoms with Crippen LogP contribution in [0, 0.1) is 0 Å². The summed E-state index contributed by atoms with van der Waals surface area (Å²) in [5.74, 6) is 0. The molecule has 78 valence electrons. The average molecular weight is 210 g/mol. The first-order valence-corrected chi connectivity index (χ1v) is 4.98. The molecule has 2 N–H and O–H groups in total. The molecule has 0 atom stereocenters. The summed E-state index contributed by atoms with van der Waals surface area (Å²) in [6.45, 7) is 0. The minimum atomic E-state index is 0.644. The van der Waals surface area contributed by atoms with Crippen molar-refractivity contribution in [1.29, 1.82) is 0 Å². The van der Waals surface area contributed by atoms with E-state index in [1.54, 1.807) is 18.7 Å². The number of hydrogen-bond acceptors (Lipinski definition) is 3. The number of benzene rings is 1. The normalized spacial score (nSPS) is 10.8. The quantitative estimate of drug-likeness (QED) is 0.668. The Balaban J connectivity index is 2.31. The Morgan fingerprint density at radius 1 is 1.12 bits per heavy atom. The van der Waals surface area contributed by atoms with E-state index in [9.17, 15) is 0 Å². The topological polar surface area (TPSA) is 56.7 Å². The van der Waals surface area contributed by atoms with Crippen LogP contribution >= 0.6 is 0 Å². The van der Waals surface area contributed by atoms with Gasteiger partial charge in [0.25, 0.3) is 0 Å². The fourth-order valence-electron chi connectivity index (χ4n) is 1.77. The number of imidazole rings is 1. The minimum Gasteiger partial charge on any atom is -0.396 e. The van der Waals surface area contributed by atoms with Gasteiger partial charge in [0.05, 0.1) is 28.6 Å². The first-order valence-electron chi connectivity index (χ1n) is 4.98. The van der Waals surface area contributed by atoms with Crippen LogP contribution in [0.15, 0.2) is 49.1 Å². The van der Waals surface area contributed by atoms with Crippen LogP contribution < -0.4 is 5.73 Å². The molecule has 0 unspecified atom stereocenters. The van der Waals surface area contributed by atoms with Gasteiger partial charge in [0.1, 0.15) is 6.33 Å². The monoisotopic (exact) mass is 210 g/mol. The number of nitrogens with two attached hydrogens (primary N) is 1. The maximum absolute atomic E-state index is 5.89. The smallest absolute Gasteiger partial charge is 0.100 e. The van der Waals surface area contributed by atoms with Crippen molar-refractivity contribution in [2.45, 2.75) is 0 Å². The van der Waals surface area contributed by atoms with Gasteiger partial charge in [-0.15, -0.1) is 0 Å². The van der Waals surface area contributed by atoms with E-state index in [2.05, 4.69) is 9.97 Å². The fraction of sp³-hybridized carbons (Fsp3) is 0. The zero-order valence-electron chi connectivity index (χ0n) is 8.54. The molecule has 0 fully saturated rings. The molecule has 0 amide bonds. The molecular formula is C12H10N4. The molecule has 0 aliphatic rings. The number of para-hydroxylation sites is 2. The van der Waals surface area contributed by atoms with E-state index in [4.69, 9.17) is 5.73 Å². The van der Waals surface area contributed by atoms with Gasteiger partial charge in [0.2, 0.25) is 0 Å². The zero-order valence-corrected chi connectivity index (χ0v) is 8.54. The highest BCUT2D eigenvalue weighted by Gasteiger charge is 2.05. The Morgan fingerprint density at radius 3 is 2.88 bits per heavy atom. The van der Waals surface area contributed by atoms with E-state index >= 15 is 0 Å². The van der Waals surface area contributed by atoms with Crippen LogP contribution in [-0.4, -0.2) is 14.5 Å². The van der Waals surface area contributed by atoms with Crippen LogP contribution in [0.1, 0.15) is 0 Å². The number of rotatable bonds is 1. The SMILES string of the molecule is Nc1cnccc1-n1cnc2ccccc21.